The number of amides is 1. The molecule has 2 N–H and O–H groups in total. The molecule has 1 saturated heterocycles. The highest BCUT2D eigenvalue weighted by Gasteiger charge is 2.29. The van der Waals surface area contributed by atoms with Crippen LogP contribution in [0.1, 0.15) is 25.5 Å². The van der Waals surface area contributed by atoms with Crippen LogP contribution in [-0.4, -0.2) is 42.2 Å². The van der Waals surface area contributed by atoms with Crippen molar-refractivity contribution in [1.82, 2.24) is 15.3 Å². The van der Waals surface area contributed by atoms with Gasteiger partial charge < -0.3 is 15.4 Å². The average molecular weight is 303 g/mol. The van der Waals surface area contributed by atoms with Crippen molar-refractivity contribution in [1.29, 1.82) is 5.26 Å². The molecule has 1 aromatic heterocycles. The minimum absolute atomic E-state index is 0.0318. The third kappa shape index (κ3) is 4.15. The smallest absolute Gasteiger partial charge is 0.225 e. The molecule has 7 nitrogen and oxygen atoms in total. The summed E-state index contributed by atoms with van der Waals surface area (Å²) in [6.45, 7) is 4.32. The minimum Gasteiger partial charge on any atom is -0.381 e. The molecule has 1 aliphatic heterocycles. The van der Waals surface area contributed by atoms with Crippen LogP contribution in [0.25, 0.3) is 0 Å². The molecule has 0 radical (unpaired) electrons. The number of carbonyl (C=O) groups is 1. The second-order valence-corrected chi connectivity index (χ2v) is 5.20. The predicted octanol–water partition coefficient (Wildman–Crippen LogP) is 0.939. The first kappa shape index (κ1) is 16.2. The quantitative estimate of drug-likeness (QED) is 0.811. The van der Waals surface area contributed by atoms with Crippen LogP contribution in [0.4, 0.5) is 5.82 Å². The minimum atomic E-state index is -0.169. The van der Waals surface area contributed by atoms with Gasteiger partial charge in [-0.3, -0.25) is 4.79 Å². The van der Waals surface area contributed by atoms with Crippen LogP contribution in [0.15, 0.2) is 12.4 Å². The molecule has 0 spiro atoms. The van der Waals surface area contributed by atoms with Gasteiger partial charge in [-0.1, -0.05) is 0 Å². The summed E-state index contributed by atoms with van der Waals surface area (Å²) < 4.78 is 5.37. The van der Waals surface area contributed by atoms with E-state index in [4.69, 9.17) is 10.00 Å². The van der Waals surface area contributed by atoms with Crippen LogP contribution < -0.4 is 10.6 Å². The number of nitriles is 1. The first-order chi connectivity index (χ1) is 10.8. The van der Waals surface area contributed by atoms with Gasteiger partial charge in [0.2, 0.25) is 5.91 Å². The van der Waals surface area contributed by atoms with E-state index in [-0.39, 0.29) is 23.4 Å². The molecular weight excluding hydrogens is 282 g/mol. The molecule has 0 aromatic carbocycles. The third-order valence-corrected chi connectivity index (χ3v) is 3.82. The molecule has 1 aromatic rings. The normalized spacial score (nSPS) is 16.5. The van der Waals surface area contributed by atoms with Gasteiger partial charge in [0.1, 0.15) is 6.07 Å². The highest BCUT2D eigenvalue weighted by atomic mass is 16.5. The maximum Gasteiger partial charge on any atom is 0.225 e. The van der Waals surface area contributed by atoms with Gasteiger partial charge in [-0.15, -0.1) is 0 Å². The van der Waals surface area contributed by atoms with Gasteiger partial charge in [0.25, 0.3) is 0 Å². The van der Waals surface area contributed by atoms with Gasteiger partial charge in [0.15, 0.2) is 11.5 Å². The SMILES string of the molecule is CCNC(=O)C(CNc1nccnc1C#N)C1CCOCC1. The lowest BCUT2D eigenvalue weighted by Gasteiger charge is -2.29. The van der Waals surface area contributed by atoms with Crippen molar-refractivity contribution in [3.63, 3.8) is 0 Å². The lowest BCUT2D eigenvalue weighted by molar-refractivity contribution is -0.127. The fourth-order valence-corrected chi connectivity index (χ4v) is 2.65. The number of nitrogens with one attached hydrogen (secondary N) is 2. The molecule has 0 aliphatic carbocycles. The fraction of sp³-hybridized carbons (Fsp3) is 0.600. The van der Waals surface area contributed by atoms with E-state index in [0.29, 0.717) is 32.1 Å². The molecular formula is C15H21N5O2. The lowest BCUT2D eigenvalue weighted by atomic mass is 9.85. The van der Waals surface area contributed by atoms with Crippen LogP contribution in [0, 0.1) is 23.2 Å². The zero-order valence-electron chi connectivity index (χ0n) is 12.7. The Kier molecular flexibility index (Phi) is 6.10. The van der Waals surface area contributed by atoms with Gasteiger partial charge in [0.05, 0.1) is 5.92 Å². The van der Waals surface area contributed by atoms with Gasteiger partial charge in [-0.05, 0) is 25.7 Å². The molecule has 2 rings (SSSR count). The zero-order valence-corrected chi connectivity index (χ0v) is 12.7. The zero-order chi connectivity index (χ0) is 15.8. The van der Waals surface area contributed by atoms with Crippen LogP contribution in [0.2, 0.25) is 0 Å². The van der Waals surface area contributed by atoms with Gasteiger partial charge in [-0.25, -0.2) is 9.97 Å². The molecule has 0 saturated carbocycles. The van der Waals surface area contributed by atoms with E-state index in [2.05, 4.69) is 20.6 Å². The van der Waals surface area contributed by atoms with Crippen molar-refractivity contribution in [3.8, 4) is 6.07 Å². The number of hydrogen-bond acceptors (Lipinski definition) is 6. The molecule has 22 heavy (non-hydrogen) atoms. The molecule has 1 aliphatic rings. The predicted molar refractivity (Wildman–Crippen MR) is 81.0 cm³/mol. The first-order valence-electron chi connectivity index (χ1n) is 7.56. The summed E-state index contributed by atoms with van der Waals surface area (Å²) >= 11 is 0. The number of rotatable bonds is 6. The topological polar surface area (TPSA) is 99.9 Å². The summed E-state index contributed by atoms with van der Waals surface area (Å²) in [4.78, 5) is 20.4. The van der Waals surface area contributed by atoms with E-state index in [1.54, 1.807) is 0 Å². The third-order valence-electron chi connectivity index (χ3n) is 3.82. The van der Waals surface area contributed by atoms with Crippen LogP contribution in [0.3, 0.4) is 0 Å². The van der Waals surface area contributed by atoms with Crippen LogP contribution >= 0.6 is 0 Å². The summed E-state index contributed by atoms with van der Waals surface area (Å²) in [6, 6.07) is 2.00. The Hall–Kier alpha value is -2.20. The number of aromatic nitrogens is 2. The Bertz CT molecular complexity index is 537. The summed E-state index contributed by atoms with van der Waals surface area (Å²) in [5.41, 5.74) is 0.240. The Morgan fingerprint density at radius 2 is 2.18 bits per heavy atom. The monoisotopic (exact) mass is 303 g/mol. The number of carbonyl (C=O) groups excluding carboxylic acids is 1. The largest absolute Gasteiger partial charge is 0.381 e. The maximum atomic E-state index is 12.3. The Labute approximate surface area is 130 Å². The molecule has 7 heteroatoms. The van der Waals surface area contributed by atoms with Gasteiger partial charge in [-0.2, -0.15) is 5.26 Å². The van der Waals surface area contributed by atoms with Crippen molar-refractivity contribution in [2.45, 2.75) is 19.8 Å². The van der Waals surface area contributed by atoms with E-state index in [9.17, 15) is 4.79 Å². The Morgan fingerprint density at radius 3 is 2.86 bits per heavy atom. The van der Waals surface area contributed by atoms with E-state index in [0.717, 1.165) is 12.8 Å². The Morgan fingerprint density at radius 1 is 1.45 bits per heavy atom. The first-order valence-corrected chi connectivity index (χ1v) is 7.56. The molecule has 1 amide bonds. The number of hydrogen-bond donors (Lipinski definition) is 2. The molecule has 118 valence electrons. The van der Waals surface area contributed by atoms with Crippen molar-refractivity contribution >= 4 is 11.7 Å². The summed E-state index contributed by atoms with van der Waals surface area (Å²) in [5.74, 6) is 0.558. The van der Waals surface area contributed by atoms with Crippen molar-refractivity contribution in [2.75, 3.05) is 31.6 Å². The summed E-state index contributed by atoms with van der Waals surface area (Å²) in [6.07, 6.45) is 4.74. The summed E-state index contributed by atoms with van der Waals surface area (Å²) in [7, 11) is 0. The van der Waals surface area contributed by atoms with Gasteiger partial charge >= 0.3 is 0 Å². The number of nitrogens with zero attached hydrogens (tertiary/aromatic N) is 3. The number of anilines is 1. The van der Waals surface area contributed by atoms with E-state index in [1.165, 1.54) is 12.4 Å². The molecule has 1 fully saturated rings. The molecule has 1 unspecified atom stereocenters. The summed E-state index contributed by atoms with van der Waals surface area (Å²) in [5, 5.41) is 15.0. The van der Waals surface area contributed by atoms with Crippen molar-refractivity contribution in [3.05, 3.63) is 18.1 Å². The molecule has 2 heterocycles. The average Bonchev–Trinajstić information content (AvgIpc) is 2.56. The standard InChI is InChI=1S/C15H21N5O2/c1-2-17-15(21)12(11-3-7-22-8-4-11)10-20-14-13(9-16)18-5-6-19-14/h5-6,11-12H,2-4,7-8,10H2,1H3,(H,17,21)(H,19,20). The van der Waals surface area contributed by atoms with Crippen molar-refractivity contribution in [2.24, 2.45) is 11.8 Å². The van der Waals surface area contributed by atoms with Crippen LogP contribution in [0.5, 0.6) is 0 Å². The highest BCUT2D eigenvalue weighted by Crippen LogP contribution is 2.24. The van der Waals surface area contributed by atoms with Crippen LogP contribution in [-0.2, 0) is 9.53 Å². The maximum absolute atomic E-state index is 12.3. The fourth-order valence-electron chi connectivity index (χ4n) is 2.65. The van der Waals surface area contributed by atoms with E-state index in [1.807, 2.05) is 13.0 Å². The second-order valence-electron chi connectivity index (χ2n) is 5.20. The molecule has 0 bridgehead atoms. The number of ether oxygens (including phenoxy) is 1. The van der Waals surface area contributed by atoms with Crippen molar-refractivity contribution < 1.29 is 9.53 Å². The van der Waals surface area contributed by atoms with E-state index < -0.39 is 0 Å². The van der Waals surface area contributed by atoms with Gasteiger partial charge in [0, 0.05) is 38.7 Å². The highest BCUT2D eigenvalue weighted by molar-refractivity contribution is 5.79. The van der Waals surface area contributed by atoms with E-state index >= 15 is 0 Å². The second kappa shape index (κ2) is 8.29. The molecule has 1 atom stereocenters. The Balaban J connectivity index is 2.05. The lowest BCUT2D eigenvalue weighted by Crippen LogP contribution is -2.41.